The second-order valence-corrected chi connectivity index (χ2v) is 7.00. The molecule has 0 fully saturated rings. The molecule has 1 heterocycles. The first-order valence-corrected chi connectivity index (χ1v) is 8.17. The molecule has 0 saturated carbocycles. The third kappa shape index (κ3) is 3.87. The summed E-state index contributed by atoms with van der Waals surface area (Å²) in [4.78, 5) is 49.7. The minimum absolute atomic E-state index is 0.116. The SMILES string of the molecule is CC(C(=O)NCCNC(=O)C(C)(C)C)N1C(=O)c2ccccc2C1=O. The van der Waals surface area contributed by atoms with Gasteiger partial charge in [-0.05, 0) is 19.1 Å². The highest BCUT2D eigenvalue weighted by molar-refractivity contribution is 6.22. The summed E-state index contributed by atoms with van der Waals surface area (Å²) >= 11 is 0. The normalized spacial score (nSPS) is 15.0. The molecule has 4 amide bonds. The molecule has 7 heteroatoms. The van der Waals surface area contributed by atoms with Crippen LogP contribution in [-0.4, -0.2) is 47.7 Å². The van der Waals surface area contributed by atoms with E-state index in [1.165, 1.54) is 6.92 Å². The van der Waals surface area contributed by atoms with Gasteiger partial charge in [-0.15, -0.1) is 0 Å². The van der Waals surface area contributed by atoms with Crippen LogP contribution in [0.25, 0.3) is 0 Å². The Bertz CT molecular complexity index is 686. The van der Waals surface area contributed by atoms with Gasteiger partial charge in [-0.3, -0.25) is 24.1 Å². The maximum absolute atomic E-state index is 12.4. The van der Waals surface area contributed by atoms with Gasteiger partial charge >= 0.3 is 0 Å². The number of carbonyl (C=O) groups is 4. The van der Waals surface area contributed by atoms with Crippen LogP contribution in [0.15, 0.2) is 24.3 Å². The highest BCUT2D eigenvalue weighted by Crippen LogP contribution is 2.24. The highest BCUT2D eigenvalue weighted by Gasteiger charge is 2.40. The van der Waals surface area contributed by atoms with Crippen molar-refractivity contribution >= 4 is 23.6 Å². The molecular formula is C18H23N3O4. The summed E-state index contributed by atoms with van der Waals surface area (Å²) in [6.07, 6.45) is 0. The van der Waals surface area contributed by atoms with E-state index in [1.807, 2.05) is 0 Å². The molecule has 0 aliphatic carbocycles. The number of hydrogen-bond acceptors (Lipinski definition) is 4. The van der Waals surface area contributed by atoms with Crippen molar-refractivity contribution < 1.29 is 19.2 Å². The molecule has 134 valence electrons. The first kappa shape index (κ1) is 18.6. The molecular weight excluding hydrogens is 322 g/mol. The van der Waals surface area contributed by atoms with Gasteiger partial charge in [0.25, 0.3) is 11.8 Å². The molecule has 25 heavy (non-hydrogen) atoms. The third-order valence-corrected chi connectivity index (χ3v) is 3.98. The second-order valence-electron chi connectivity index (χ2n) is 7.00. The average Bonchev–Trinajstić information content (AvgIpc) is 2.81. The number of rotatable bonds is 5. The Labute approximate surface area is 146 Å². The van der Waals surface area contributed by atoms with Crippen LogP contribution < -0.4 is 10.6 Å². The van der Waals surface area contributed by atoms with Crippen molar-refractivity contribution in [1.82, 2.24) is 15.5 Å². The Hall–Kier alpha value is -2.70. The van der Waals surface area contributed by atoms with E-state index in [2.05, 4.69) is 10.6 Å². The predicted molar refractivity (Wildman–Crippen MR) is 91.9 cm³/mol. The predicted octanol–water partition coefficient (Wildman–Crippen LogP) is 0.950. The van der Waals surface area contributed by atoms with Gasteiger partial charge in [0.05, 0.1) is 11.1 Å². The molecule has 0 radical (unpaired) electrons. The van der Waals surface area contributed by atoms with Gasteiger partial charge < -0.3 is 10.6 Å². The standard InChI is InChI=1S/C18H23N3O4/c1-11(14(22)19-9-10-20-17(25)18(2,3)4)21-15(23)12-7-5-6-8-13(12)16(21)24/h5-8,11H,9-10H2,1-4H3,(H,19,22)(H,20,25). The molecule has 1 aliphatic heterocycles. The summed E-state index contributed by atoms with van der Waals surface area (Å²) in [5.41, 5.74) is 0.117. The minimum atomic E-state index is -0.925. The van der Waals surface area contributed by atoms with Crippen LogP contribution in [0.4, 0.5) is 0 Å². The molecule has 0 saturated heterocycles. The monoisotopic (exact) mass is 345 g/mol. The quantitative estimate of drug-likeness (QED) is 0.613. The lowest BCUT2D eigenvalue weighted by Gasteiger charge is -2.22. The number of hydrogen-bond donors (Lipinski definition) is 2. The zero-order valence-electron chi connectivity index (χ0n) is 14.9. The first-order valence-electron chi connectivity index (χ1n) is 8.17. The first-order chi connectivity index (χ1) is 11.6. The van der Waals surface area contributed by atoms with Gasteiger partial charge in [-0.25, -0.2) is 0 Å². The number of fused-ring (bicyclic) bond motifs is 1. The molecule has 1 aromatic carbocycles. The molecule has 2 N–H and O–H groups in total. The van der Waals surface area contributed by atoms with Gasteiger partial charge in [0, 0.05) is 18.5 Å². The molecule has 0 bridgehead atoms. The fourth-order valence-electron chi connectivity index (χ4n) is 2.45. The van der Waals surface area contributed by atoms with Crippen molar-refractivity contribution in [3.05, 3.63) is 35.4 Å². The summed E-state index contributed by atoms with van der Waals surface area (Å²) in [5.74, 6) is -1.50. The van der Waals surface area contributed by atoms with Crippen LogP contribution in [0.1, 0.15) is 48.4 Å². The molecule has 1 aromatic rings. The van der Waals surface area contributed by atoms with E-state index in [4.69, 9.17) is 0 Å². The van der Waals surface area contributed by atoms with Crippen molar-refractivity contribution in [2.45, 2.75) is 33.7 Å². The van der Waals surface area contributed by atoms with E-state index >= 15 is 0 Å². The zero-order chi connectivity index (χ0) is 18.8. The molecule has 2 rings (SSSR count). The van der Waals surface area contributed by atoms with Crippen molar-refractivity contribution in [1.29, 1.82) is 0 Å². The molecule has 1 aliphatic rings. The maximum Gasteiger partial charge on any atom is 0.262 e. The Morgan fingerprint density at radius 3 is 1.96 bits per heavy atom. The van der Waals surface area contributed by atoms with Gasteiger partial charge in [0.2, 0.25) is 11.8 Å². The lowest BCUT2D eigenvalue weighted by Crippen LogP contribution is -2.49. The number of nitrogens with zero attached hydrogens (tertiary/aromatic N) is 1. The summed E-state index contributed by atoms with van der Waals surface area (Å²) in [6, 6.07) is 5.57. The van der Waals surface area contributed by atoms with E-state index in [0.29, 0.717) is 11.1 Å². The number of imide groups is 1. The fourth-order valence-corrected chi connectivity index (χ4v) is 2.45. The second kappa shape index (κ2) is 7.04. The van der Waals surface area contributed by atoms with E-state index in [9.17, 15) is 19.2 Å². The van der Waals surface area contributed by atoms with E-state index in [-0.39, 0.29) is 19.0 Å². The lowest BCUT2D eigenvalue weighted by atomic mass is 9.96. The van der Waals surface area contributed by atoms with E-state index in [1.54, 1.807) is 45.0 Å². The number of carbonyl (C=O) groups excluding carboxylic acids is 4. The largest absolute Gasteiger partial charge is 0.354 e. The third-order valence-electron chi connectivity index (χ3n) is 3.98. The van der Waals surface area contributed by atoms with Crippen LogP contribution in [0, 0.1) is 5.41 Å². The fraction of sp³-hybridized carbons (Fsp3) is 0.444. The van der Waals surface area contributed by atoms with Crippen LogP contribution in [0.2, 0.25) is 0 Å². The van der Waals surface area contributed by atoms with Gasteiger partial charge in [0.1, 0.15) is 6.04 Å². The number of nitrogens with one attached hydrogen (secondary N) is 2. The van der Waals surface area contributed by atoms with Gasteiger partial charge in [-0.2, -0.15) is 0 Å². The van der Waals surface area contributed by atoms with Gasteiger partial charge in [-0.1, -0.05) is 32.9 Å². The molecule has 0 aromatic heterocycles. The molecule has 1 atom stereocenters. The Morgan fingerprint density at radius 1 is 1.00 bits per heavy atom. The van der Waals surface area contributed by atoms with Crippen LogP contribution in [0.5, 0.6) is 0 Å². The maximum atomic E-state index is 12.4. The average molecular weight is 345 g/mol. The van der Waals surface area contributed by atoms with E-state index < -0.39 is 29.2 Å². The van der Waals surface area contributed by atoms with Crippen molar-refractivity contribution in [3.8, 4) is 0 Å². The molecule has 1 unspecified atom stereocenters. The van der Waals surface area contributed by atoms with Gasteiger partial charge in [0.15, 0.2) is 0 Å². The number of amides is 4. The molecule has 7 nitrogen and oxygen atoms in total. The summed E-state index contributed by atoms with van der Waals surface area (Å²) in [7, 11) is 0. The topological polar surface area (TPSA) is 95.6 Å². The highest BCUT2D eigenvalue weighted by atomic mass is 16.2. The van der Waals surface area contributed by atoms with Crippen molar-refractivity contribution in [3.63, 3.8) is 0 Å². The smallest absolute Gasteiger partial charge is 0.262 e. The van der Waals surface area contributed by atoms with Crippen LogP contribution in [0.3, 0.4) is 0 Å². The lowest BCUT2D eigenvalue weighted by molar-refractivity contribution is -0.129. The Kier molecular flexibility index (Phi) is 5.25. The number of benzene rings is 1. The van der Waals surface area contributed by atoms with Crippen molar-refractivity contribution in [2.75, 3.05) is 13.1 Å². The van der Waals surface area contributed by atoms with E-state index in [0.717, 1.165) is 4.90 Å². The summed E-state index contributed by atoms with van der Waals surface area (Å²) < 4.78 is 0. The van der Waals surface area contributed by atoms with Crippen molar-refractivity contribution in [2.24, 2.45) is 5.41 Å². The minimum Gasteiger partial charge on any atom is -0.354 e. The Balaban J connectivity index is 1.90. The summed E-state index contributed by atoms with van der Waals surface area (Å²) in [5, 5.41) is 5.35. The zero-order valence-corrected chi connectivity index (χ0v) is 14.9. The summed E-state index contributed by atoms with van der Waals surface area (Å²) in [6.45, 7) is 7.39. The van der Waals surface area contributed by atoms with Crippen LogP contribution in [-0.2, 0) is 9.59 Å². The molecule has 0 spiro atoms. The van der Waals surface area contributed by atoms with Crippen LogP contribution >= 0.6 is 0 Å². The Morgan fingerprint density at radius 2 is 1.48 bits per heavy atom.